The minimum absolute atomic E-state index is 0.0473. The lowest BCUT2D eigenvalue weighted by molar-refractivity contribution is -0.384. The van der Waals surface area contributed by atoms with Gasteiger partial charge < -0.3 is 20.1 Å². The van der Waals surface area contributed by atoms with Gasteiger partial charge in [-0.1, -0.05) is 6.92 Å². The summed E-state index contributed by atoms with van der Waals surface area (Å²) in [7, 11) is 0. The highest BCUT2D eigenvalue weighted by atomic mass is 32.1. The lowest BCUT2D eigenvalue weighted by Gasteiger charge is -2.18. The molecule has 3 rings (SSSR count). The van der Waals surface area contributed by atoms with E-state index in [9.17, 15) is 24.5 Å². The summed E-state index contributed by atoms with van der Waals surface area (Å²) in [6.07, 6.45) is 2.49. The van der Waals surface area contributed by atoms with Crippen LogP contribution in [0.2, 0.25) is 0 Å². The molecule has 2 N–H and O–H groups in total. The molecule has 0 saturated heterocycles. The number of anilines is 2. The lowest BCUT2D eigenvalue weighted by Crippen LogP contribution is -2.22. The fourth-order valence-corrected chi connectivity index (χ4v) is 5.20. The summed E-state index contributed by atoms with van der Waals surface area (Å²) in [6.45, 7) is 5.73. The number of esters is 2. The standard InChI is InChI=1S/C23H27N3O7S/c1-4-24-16-9-7-14(11-17(16)26(30)31)22(28)33-12-19(27)25-21-20(23(29)32-5-2)15-8-6-13(3)10-18(15)34-21/h7,9,11,13,24H,4-6,8,10,12H2,1-3H3,(H,25,27)/t13-/m1/s1. The van der Waals surface area contributed by atoms with E-state index in [0.717, 1.165) is 35.8 Å². The van der Waals surface area contributed by atoms with Crippen LogP contribution in [0.1, 0.15) is 58.3 Å². The van der Waals surface area contributed by atoms with Crippen LogP contribution >= 0.6 is 11.3 Å². The highest BCUT2D eigenvalue weighted by Gasteiger charge is 2.29. The highest BCUT2D eigenvalue weighted by molar-refractivity contribution is 7.17. The van der Waals surface area contributed by atoms with Gasteiger partial charge in [0.15, 0.2) is 6.61 Å². The van der Waals surface area contributed by atoms with Crippen molar-refractivity contribution >= 4 is 45.6 Å². The predicted octanol–water partition coefficient (Wildman–Crippen LogP) is 4.19. The summed E-state index contributed by atoms with van der Waals surface area (Å²) in [5, 5.41) is 17.2. The van der Waals surface area contributed by atoms with Gasteiger partial charge in [-0.05, 0) is 56.7 Å². The number of rotatable bonds is 9. The first-order valence-corrected chi connectivity index (χ1v) is 11.9. The molecule has 1 heterocycles. The van der Waals surface area contributed by atoms with E-state index in [2.05, 4.69) is 17.6 Å². The summed E-state index contributed by atoms with van der Waals surface area (Å²) in [5.41, 5.74) is 1.24. The van der Waals surface area contributed by atoms with Gasteiger partial charge in [0.05, 0.1) is 22.7 Å². The first kappa shape index (κ1) is 25.2. The Morgan fingerprint density at radius 2 is 1.97 bits per heavy atom. The summed E-state index contributed by atoms with van der Waals surface area (Å²) < 4.78 is 10.2. The van der Waals surface area contributed by atoms with Crippen LogP contribution in [-0.2, 0) is 27.1 Å². The Kier molecular flexibility index (Phi) is 8.21. The van der Waals surface area contributed by atoms with Gasteiger partial charge >= 0.3 is 11.9 Å². The molecular formula is C23H27N3O7S. The SMILES string of the molecule is CCNc1ccc(C(=O)OCC(=O)Nc2sc3c(c2C(=O)OCC)CC[C@@H](C)C3)cc1[N+](=O)[O-]. The normalized spacial score (nSPS) is 14.6. The number of hydrogen-bond donors (Lipinski definition) is 2. The number of fused-ring (bicyclic) bond motifs is 1. The minimum Gasteiger partial charge on any atom is -0.462 e. The number of carbonyl (C=O) groups is 3. The van der Waals surface area contributed by atoms with E-state index in [-0.39, 0.29) is 23.5 Å². The Morgan fingerprint density at radius 1 is 1.21 bits per heavy atom. The molecule has 0 spiro atoms. The molecule has 1 aromatic carbocycles. The van der Waals surface area contributed by atoms with Gasteiger partial charge in [0.1, 0.15) is 10.7 Å². The Morgan fingerprint density at radius 3 is 2.65 bits per heavy atom. The molecule has 10 nitrogen and oxygen atoms in total. The molecule has 1 aromatic heterocycles. The van der Waals surface area contributed by atoms with Crippen molar-refractivity contribution in [2.45, 2.75) is 40.0 Å². The molecule has 1 aliphatic rings. The number of hydrogen-bond acceptors (Lipinski definition) is 9. The Bertz CT molecular complexity index is 1110. The molecule has 0 radical (unpaired) electrons. The molecule has 1 atom stereocenters. The predicted molar refractivity (Wildman–Crippen MR) is 128 cm³/mol. The molecule has 1 amide bonds. The number of ether oxygens (including phenoxy) is 2. The zero-order valence-corrected chi connectivity index (χ0v) is 20.1. The molecule has 0 saturated carbocycles. The van der Waals surface area contributed by atoms with E-state index in [1.807, 2.05) is 0 Å². The number of nitrogens with one attached hydrogen (secondary N) is 2. The second-order valence-electron chi connectivity index (χ2n) is 7.92. The van der Waals surface area contributed by atoms with Crippen LogP contribution in [0.15, 0.2) is 18.2 Å². The van der Waals surface area contributed by atoms with Gasteiger partial charge in [0.2, 0.25) is 0 Å². The van der Waals surface area contributed by atoms with Crippen LogP contribution in [0.3, 0.4) is 0 Å². The second kappa shape index (κ2) is 11.1. The van der Waals surface area contributed by atoms with Crippen molar-refractivity contribution in [3.8, 4) is 0 Å². The van der Waals surface area contributed by atoms with Gasteiger partial charge in [-0.3, -0.25) is 14.9 Å². The van der Waals surface area contributed by atoms with Gasteiger partial charge in [-0.2, -0.15) is 0 Å². The second-order valence-corrected chi connectivity index (χ2v) is 9.03. The van der Waals surface area contributed by atoms with Crippen molar-refractivity contribution in [1.82, 2.24) is 0 Å². The number of nitrogens with zero attached hydrogens (tertiary/aromatic N) is 1. The maximum absolute atomic E-state index is 12.6. The lowest BCUT2D eigenvalue weighted by atomic mass is 9.88. The van der Waals surface area contributed by atoms with E-state index in [0.29, 0.717) is 23.0 Å². The fraction of sp³-hybridized carbons (Fsp3) is 0.435. The van der Waals surface area contributed by atoms with Crippen molar-refractivity contribution in [1.29, 1.82) is 0 Å². The van der Waals surface area contributed by atoms with Crippen molar-refractivity contribution in [2.24, 2.45) is 5.92 Å². The van der Waals surface area contributed by atoms with E-state index >= 15 is 0 Å². The third-order valence-electron chi connectivity index (χ3n) is 5.38. The molecule has 0 bridgehead atoms. The zero-order valence-electron chi connectivity index (χ0n) is 19.3. The highest BCUT2D eigenvalue weighted by Crippen LogP contribution is 2.40. The van der Waals surface area contributed by atoms with Crippen LogP contribution in [0, 0.1) is 16.0 Å². The summed E-state index contributed by atoms with van der Waals surface area (Å²) in [4.78, 5) is 49.2. The van der Waals surface area contributed by atoms with Gasteiger partial charge in [-0.25, -0.2) is 9.59 Å². The average Bonchev–Trinajstić information content (AvgIpc) is 3.14. The molecule has 0 aliphatic heterocycles. The molecule has 0 unspecified atom stereocenters. The summed E-state index contributed by atoms with van der Waals surface area (Å²) in [5.74, 6) is -1.50. The van der Waals surface area contributed by atoms with Crippen LogP contribution in [0.4, 0.5) is 16.4 Å². The van der Waals surface area contributed by atoms with Crippen LogP contribution in [0.25, 0.3) is 0 Å². The number of benzene rings is 1. The van der Waals surface area contributed by atoms with Crippen LogP contribution in [0.5, 0.6) is 0 Å². The number of nitro groups is 1. The average molecular weight is 490 g/mol. The monoisotopic (exact) mass is 489 g/mol. The van der Waals surface area contributed by atoms with Crippen molar-refractivity contribution in [3.05, 3.63) is 49.9 Å². The third kappa shape index (κ3) is 5.71. The molecule has 2 aromatic rings. The molecule has 182 valence electrons. The van der Waals surface area contributed by atoms with E-state index in [1.54, 1.807) is 13.8 Å². The van der Waals surface area contributed by atoms with Crippen molar-refractivity contribution < 1.29 is 28.8 Å². The number of amides is 1. The number of nitro benzene ring substituents is 1. The van der Waals surface area contributed by atoms with Gasteiger partial charge in [-0.15, -0.1) is 11.3 Å². The van der Waals surface area contributed by atoms with Gasteiger partial charge in [0, 0.05) is 17.5 Å². The van der Waals surface area contributed by atoms with E-state index in [1.165, 1.54) is 23.5 Å². The Hall–Kier alpha value is -3.47. The topological polar surface area (TPSA) is 137 Å². The largest absolute Gasteiger partial charge is 0.462 e. The first-order chi connectivity index (χ1) is 16.2. The van der Waals surface area contributed by atoms with Gasteiger partial charge in [0.25, 0.3) is 11.6 Å². The van der Waals surface area contributed by atoms with Crippen LogP contribution < -0.4 is 10.6 Å². The number of carbonyl (C=O) groups excluding carboxylic acids is 3. The smallest absolute Gasteiger partial charge is 0.341 e. The Balaban J connectivity index is 1.71. The molecule has 34 heavy (non-hydrogen) atoms. The zero-order chi connectivity index (χ0) is 24.8. The first-order valence-electron chi connectivity index (χ1n) is 11.1. The Labute approximate surface area is 200 Å². The van der Waals surface area contributed by atoms with E-state index < -0.39 is 29.4 Å². The molecular weight excluding hydrogens is 462 g/mol. The van der Waals surface area contributed by atoms with Crippen molar-refractivity contribution in [3.63, 3.8) is 0 Å². The summed E-state index contributed by atoms with van der Waals surface area (Å²) >= 11 is 1.34. The van der Waals surface area contributed by atoms with Crippen molar-refractivity contribution in [2.75, 3.05) is 30.4 Å². The fourth-order valence-electron chi connectivity index (χ4n) is 3.78. The maximum Gasteiger partial charge on any atom is 0.341 e. The van der Waals surface area contributed by atoms with Crippen LogP contribution in [-0.4, -0.2) is 42.5 Å². The minimum atomic E-state index is -0.869. The molecule has 1 aliphatic carbocycles. The molecule has 0 fully saturated rings. The third-order valence-corrected chi connectivity index (χ3v) is 6.55. The number of thiophene rings is 1. The maximum atomic E-state index is 12.6. The molecule has 11 heteroatoms. The quantitative estimate of drug-likeness (QED) is 0.304. The summed E-state index contributed by atoms with van der Waals surface area (Å²) in [6, 6.07) is 3.91. The van der Waals surface area contributed by atoms with E-state index in [4.69, 9.17) is 9.47 Å².